The first-order valence-corrected chi connectivity index (χ1v) is 4.82. The minimum Gasteiger partial charge on any atom is -0.506 e. The lowest BCUT2D eigenvalue weighted by atomic mass is 10.2. The van der Waals surface area contributed by atoms with E-state index in [0.29, 0.717) is 5.75 Å². The fourth-order valence-electron chi connectivity index (χ4n) is 1.84. The number of aryl methyl sites for hydroxylation is 1. The van der Waals surface area contributed by atoms with Crippen LogP contribution in [0.2, 0.25) is 0 Å². The third kappa shape index (κ3) is 1.62. The van der Waals surface area contributed by atoms with Crippen molar-refractivity contribution in [3.05, 3.63) is 23.8 Å². The number of phenols is 1. The zero-order valence-corrected chi connectivity index (χ0v) is 7.95. The predicted octanol–water partition coefficient (Wildman–Crippen LogP) is 2.30. The van der Waals surface area contributed by atoms with Gasteiger partial charge in [0.15, 0.2) is 0 Å². The van der Waals surface area contributed by atoms with E-state index in [2.05, 4.69) is 17.9 Å². The van der Waals surface area contributed by atoms with E-state index >= 15 is 0 Å². The van der Waals surface area contributed by atoms with Crippen molar-refractivity contribution in [2.75, 3.05) is 18.0 Å². The molecule has 1 N–H and O–H groups in total. The van der Waals surface area contributed by atoms with Crippen molar-refractivity contribution >= 4 is 5.69 Å². The van der Waals surface area contributed by atoms with Gasteiger partial charge in [0, 0.05) is 13.1 Å². The molecule has 70 valence electrons. The Kier molecular flexibility index (Phi) is 2.13. The van der Waals surface area contributed by atoms with E-state index < -0.39 is 0 Å². The molecule has 0 radical (unpaired) electrons. The number of nitrogens with zero attached hydrogens (tertiary/aromatic N) is 1. The zero-order valence-electron chi connectivity index (χ0n) is 7.95. The molecule has 0 amide bonds. The van der Waals surface area contributed by atoms with Crippen LogP contribution < -0.4 is 4.90 Å². The first-order valence-electron chi connectivity index (χ1n) is 4.82. The van der Waals surface area contributed by atoms with Crippen molar-refractivity contribution in [3.8, 4) is 5.75 Å². The smallest absolute Gasteiger partial charge is 0.138 e. The molecular weight excluding hydrogens is 162 g/mol. The lowest BCUT2D eigenvalue weighted by Gasteiger charge is -2.19. The van der Waals surface area contributed by atoms with E-state index in [1.165, 1.54) is 18.4 Å². The van der Waals surface area contributed by atoms with E-state index in [0.717, 1.165) is 18.8 Å². The highest BCUT2D eigenvalue weighted by atomic mass is 16.3. The summed E-state index contributed by atoms with van der Waals surface area (Å²) in [5.41, 5.74) is 2.21. The van der Waals surface area contributed by atoms with Crippen molar-refractivity contribution in [3.63, 3.8) is 0 Å². The standard InChI is InChI=1S/C11H15NO/c1-9-4-5-11(13)10(8-9)12-6-2-3-7-12/h4-5,8,13H,2-3,6-7H2,1H3. The molecule has 1 heterocycles. The first-order chi connectivity index (χ1) is 6.27. The quantitative estimate of drug-likeness (QED) is 0.711. The van der Waals surface area contributed by atoms with Crippen molar-refractivity contribution in [2.45, 2.75) is 19.8 Å². The van der Waals surface area contributed by atoms with Crippen LogP contribution in [0.1, 0.15) is 18.4 Å². The normalized spacial score (nSPS) is 16.5. The molecule has 0 aromatic heterocycles. The number of benzene rings is 1. The highest BCUT2D eigenvalue weighted by molar-refractivity contribution is 5.59. The maximum atomic E-state index is 9.65. The molecule has 1 aromatic rings. The molecule has 13 heavy (non-hydrogen) atoms. The van der Waals surface area contributed by atoms with E-state index in [4.69, 9.17) is 0 Å². The zero-order chi connectivity index (χ0) is 9.26. The summed E-state index contributed by atoms with van der Waals surface area (Å²) >= 11 is 0. The van der Waals surface area contributed by atoms with Crippen LogP contribution in [0.25, 0.3) is 0 Å². The summed E-state index contributed by atoms with van der Waals surface area (Å²) in [6.07, 6.45) is 2.49. The second-order valence-corrected chi connectivity index (χ2v) is 3.69. The van der Waals surface area contributed by atoms with Crippen LogP contribution in [-0.2, 0) is 0 Å². The van der Waals surface area contributed by atoms with Gasteiger partial charge >= 0.3 is 0 Å². The van der Waals surface area contributed by atoms with Crippen LogP contribution in [0.3, 0.4) is 0 Å². The van der Waals surface area contributed by atoms with Gasteiger partial charge in [-0.05, 0) is 37.5 Å². The number of phenolic OH excluding ortho intramolecular Hbond substituents is 1. The Morgan fingerprint density at radius 2 is 1.92 bits per heavy atom. The average molecular weight is 177 g/mol. The molecule has 1 aliphatic heterocycles. The number of anilines is 1. The summed E-state index contributed by atoms with van der Waals surface area (Å²) in [7, 11) is 0. The molecule has 0 aliphatic carbocycles. The summed E-state index contributed by atoms with van der Waals surface area (Å²) in [5.74, 6) is 0.410. The molecule has 0 saturated carbocycles. The number of aromatic hydroxyl groups is 1. The number of hydrogen-bond donors (Lipinski definition) is 1. The van der Waals surface area contributed by atoms with Gasteiger partial charge < -0.3 is 10.0 Å². The second-order valence-electron chi connectivity index (χ2n) is 3.69. The van der Waals surface area contributed by atoms with Gasteiger partial charge in [-0.25, -0.2) is 0 Å². The summed E-state index contributed by atoms with van der Waals surface area (Å²) in [6.45, 7) is 4.22. The van der Waals surface area contributed by atoms with Gasteiger partial charge in [0.1, 0.15) is 5.75 Å². The Balaban J connectivity index is 2.32. The molecule has 0 spiro atoms. The SMILES string of the molecule is Cc1ccc(O)c(N2CCCC2)c1. The van der Waals surface area contributed by atoms with Gasteiger partial charge in [-0.3, -0.25) is 0 Å². The third-order valence-electron chi connectivity index (χ3n) is 2.58. The Bertz CT molecular complexity index is 303. The van der Waals surface area contributed by atoms with Gasteiger partial charge in [-0.15, -0.1) is 0 Å². The van der Waals surface area contributed by atoms with Crippen molar-refractivity contribution in [2.24, 2.45) is 0 Å². The van der Waals surface area contributed by atoms with E-state index in [9.17, 15) is 5.11 Å². The fourth-order valence-corrected chi connectivity index (χ4v) is 1.84. The molecule has 1 saturated heterocycles. The van der Waals surface area contributed by atoms with Gasteiger partial charge in [0.05, 0.1) is 5.69 Å². The Labute approximate surface area is 78.8 Å². The van der Waals surface area contributed by atoms with E-state index in [1.54, 1.807) is 6.07 Å². The minimum atomic E-state index is 0.410. The molecular formula is C11H15NO. The second kappa shape index (κ2) is 3.29. The van der Waals surface area contributed by atoms with Crippen molar-refractivity contribution in [1.29, 1.82) is 0 Å². The predicted molar refractivity (Wildman–Crippen MR) is 54.3 cm³/mol. The largest absolute Gasteiger partial charge is 0.506 e. The maximum absolute atomic E-state index is 9.65. The summed E-state index contributed by atoms with van der Waals surface area (Å²) in [4.78, 5) is 2.25. The number of rotatable bonds is 1. The van der Waals surface area contributed by atoms with Gasteiger partial charge in [0.2, 0.25) is 0 Å². The van der Waals surface area contributed by atoms with Crippen LogP contribution >= 0.6 is 0 Å². The van der Waals surface area contributed by atoms with Gasteiger partial charge in [0.25, 0.3) is 0 Å². The third-order valence-corrected chi connectivity index (χ3v) is 2.58. The average Bonchev–Trinajstić information content (AvgIpc) is 2.61. The van der Waals surface area contributed by atoms with Gasteiger partial charge in [-0.2, -0.15) is 0 Å². The Hall–Kier alpha value is -1.18. The summed E-state index contributed by atoms with van der Waals surface area (Å²) < 4.78 is 0. The van der Waals surface area contributed by atoms with Gasteiger partial charge in [-0.1, -0.05) is 6.07 Å². The topological polar surface area (TPSA) is 23.5 Å². The Morgan fingerprint density at radius 1 is 1.23 bits per heavy atom. The maximum Gasteiger partial charge on any atom is 0.138 e. The van der Waals surface area contributed by atoms with Crippen LogP contribution in [0.15, 0.2) is 18.2 Å². The van der Waals surface area contributed by atoms with Crippen molar-refractivity contribution < 1.29 is 5.11 Å². The molecule has 0 bridgehead atoms. The van der Waals surface area contributed by atoms with Crippen molar-refractivity contribution in [1.82, 2.24) is 0 Å². The van der Waals surface area contributed by atoms with Crippen LogP contribution in [0, 0.1) is 6.92 Å². The highest BCUT2D eigenvalue weighted by Crippen LogP contribution is 2.30. The van der Waals surface area contributed by atoms with E-state index in [1.807, 2.05) is 6.07 Å². The monoisotopic (exact) mass is 177 g/mol. The van der Waals surface area contributed by atoms with Crippen LogP contribution in [0.4, 0.5) is 5.69 Å². The lowest BCUT2D eigenvalue weighted by Crippen LogP contribution is -2.17. The summed E-state index contributed by atoms with van der Waals surface area (Å²) in [6, 6.07) is 5.78. The number of hydrogen-bond acceptors (Lipinski definition) is 2. The van der Waals surface area contributed by atoms with E-state index in [-0.39, 0.29) is 0 Å². The molecule has 2 rings (SSSR count). The molecule has 2 nitrogen and oxygen atoms in total. The lowest BCUT2D eigenvalue weighted by molar-refractivity contribution is 0.474. The first kappa shape index (κ1) is 8.42. The summed E-state index contributed by atoms with van der Waals surface area (Å²) in [5, 5.41) is 9.65. The molecule has 1 aromatic carbocycles. The Morgan fingerprint density at radius 3 is 2.62 bits per heavy atom. The molecule has 0 atom stereocenters. The fraction of sp³-hybridized carbons (Fsp3) is 0.455. The molecule has 0 unspecified atom stereocenters. The van der Waals surface area contributed by atoms with Crippen LogP contribution in [-0.4, -0.2) is 18.2 Å². The molecule has 1 fully saturated rings. The molecule has 2 heteroatoms. The van der Waals surface area contributed by atoms with Crippen LogP contribution in [0.5, 0.6) is 5.75 Å². The highest BCUT2D eigenvalue weighted by Gasteiger charge is 2.15. The minimum absolute atomic E-state index is 0.410. The molecule has 1 aliphatic rings.